The second-order valence-electron chi connectivity index (χ2n) is 5.44. The van der Waals surface area contributed by atoms with Crippen LogP contribution in [0.25, 0.3) is 0 Å². The van der Waals surface area contributed by atoms with Crippen molar-refractivity contribution in [3.8, 4) is 0 Å². The molecule has 3 N–H and O–H groups in total. The normalized spacial score (nSPS) is 10.6. The molecule has 0 aliphatic carbocycles. The third-order valence-corrected chi connectivity index (χ3v) is 3.64. The number of hydrogen-bond donors (Lipinski definition) is 2. The Kier molecular flexibility index (Phi) is 8.11. The molecule has 0 unspecified atom stereocenters. The average molecular weight is 262 g/mol. The Labute approximate surface area is 118 Å². The number of nitrogens with one attached hydrogen (secondary N) is 1. The van der Waals surface area contributed by atoms with E-state index in [2.05, 4.69) is 25.2 Å². The van der Waals surface area contributed by atoms with Crippen molar-refractivity contribution >= 4 is 11.4 Å². The fourth-order valence-corrected chi connectivity index (χ4v) is 2.40. The highest BCUT2D eigenvalue weighted by molar-refractivity contribution is 5.69. The van der Waals surface area contributed by atoms with Crippen molar-refractivity contribution < 1.29 is 0 Å². The average Bonchev–Trinajstić information content (AvgIpc) is 2.40. The van der Waals surface area contributed by atoms with Crippen molar-refractivity contribution in [3.63, 3.8) is 0 Å². The molecule has 1 aromatic rings. The first kappa shape index (κ1) is 15.9. The van der Waals surface area contributed by atoms with E-state index in [1.165, 1.54) is 56.9 Å². The summed E-state index contributed by atoms with van der Waals surface area (Å²) >= 11 is 0. The Bertz CT molecular complexity index is 327. The Morgan fingerprint density at radius 2 is 1.58 bits per heavy atom. The van der Waals surface area contributed by atoms with Gasteiger partial charge in [-0.2, -0.15) is 0 Å². The molecule has 0 spiro atoms. The van der Waals surface area contributed by atoms with Crippen LogP contribution in [0.2, 0.25) is 0 Å². The highest BCUT2D eigenvalue weighted by Crippen LogP contribution is 2.22. The minimum absolute atomic E-state index is 0.861. The van der Waals surface area contributed by atoms with E-state index >= 15 is 0 Å². The van der Waals surface area contributed by atoms with Crippen LogP contribution in [0.15, 0.2) is 18.2 Å². The Morgan fingerprint density at radius 3 is 2.21 bits per heavy atom. The summed E-state index contributed by atoms with van der Waals surface area (Å²) in [7, 11) is 0. The van der Waals surface area contributed by atoms with Crippen molar-refractivity contribution in [2.45, 2.75) is 65.2 Å². The fraction of sp³-hybridized carbons (Fsp3) is 0.647. The molecule has 19 heavy (non-hydrogen) atoms. The number of unbranched alkanes of at least 4 members (excludes halogenated alkanes) is 7. The lowest BCUT2D eigenvalue weighted by Crippen LogP contribution is -2.05. The summed E-state index contributed by atoms with van der Waals surface area (Å²) in [5.41, 5.74) is 9.18. The van der Waals surface area contributed by atoms with Gasteiger partial charge >= 0.3 is 0 Å². The summed E-state index contributed by atoms with van der Waals surface area (Å²) in [6.07, 6.45) is 10.9. The molecule has 0 aromatic heterocycles. The molecule has 0 radical (unpaired) electrons. The van der Waals surface area contributed by atoms with Crippen LogP contribution in [0.1, 0.15) is 63.9 Å². The van der Waals surface area contributed by atoms with Gasteiger partial charge < -0.3 is 11.1 Å². The molecule has 0 heterocycles. The van der Waals surface area contributed by atoms with E-state index in [0.717, 1.165) is 17.9 Å². The van der Waals surface area contributed by atoms with Gasteiger partial charge in [-0.3, -0.25) is 0 Å². The number of nitrogen functional groups attached to an aromatic ring is 1. The van der Waals surface area contributed by atoms with E-state index in [-0.39, 0.29) is 0 Å². The van der Waals surface area contributed by atoms with Crippen molar-refractivity contribution in [2.24, 2.45) is 0 Å². The van der Waals surface area contributed by atoms with Gasteiger partial charge in [0.2, 0.25) is 0 Å². The summed E-state index contributed by atoms with van der Waals surface area (Å²) in [6, 6.07) is 6.07. The molecule has 1 rings (SSSR count). The Morgan fingerprint density at radius 1 is 0.947 bits per heavy atom. The Balaban J connectivity index is 2.05. The summed E-state index contributed by atoms with van der Waals surface area (Å²) in [4.78, 5) is 0. The second kappa shape index (κ2) is 9.71. The maximum absolute atomic E-state index is 5.97. The van der Waals surface area contributed by atoms with Gasteiger partial charge in [-0.1, -0.05) is 64.0 Å². The summed E-state index contributed by atoms with van der Waals surface area (Å²) < 4.78 is 0. The van der Waals surface area contributed by atoms with Gasteiger partial charge in [0.25, 0.3) is 0 Å². The molecule has 0 fully saturated rings. The van der Waals surface area contributed by atoms with Gasteiger partial charge in [0, 0.05) is 6.54 Å². The van der Waals surface area contributed by atoms with E-state index < -0.39 is 0 Å². The van der Waals surface area contributed by atoms with Crippen molar-refractivity contribution in [2.75, 3.05) is 17.6 Å². The minimum atomic E-state index is 0.861. The maximum atomic E-state index is 5.97. The zero-order valence-electron chi connectivity index (χ0n) is 12.7. The molecular formula is C17H30N2. The van der Waals surface area contributed by atoms with Crippen LogP contribution in [0.5, 0.6) is 0 Å². The molecule has 1 aromatic carbocycles. The smallest absolute Gasteiger partial charge is 0.0603 e. The molecule has 0 bridgehead atoms. The highest BCUT2D eigenvalue weighted by atomic mass is 14.9. The summed E-state index contributed by atoms with van der Waals surface area (Å²) in [5, 5.41) is 3.47. The number of benzene rings is 1. The van der Waals surface area contributed by atoms with E-state index in [1.54, 1.807) is 0 Å². The van der Waals surface area contributed by atoms with E-state index in [0.29, 0.717) is 0 Å². The van der Waals surface area contributed by atoms with Crippen LogP contribution in [-0.2, 0) is 0 Å². The third-order valence-electron chi connectivity index (χ3n) is 3.64. The lowest BCUT2D eigenvalue weighted by atomic mass is 10.1. The first-order chi connectivity index (χ1) is 9.25. The quantitative estimate of drug-likeness (QED) is 0.453. The lowest BCUT2D eigenvalue weighted by molar-refractivity contribution is 0.581. The third kappa shape index (κ3) is 6.51. The lowest BCUT2D eigenvalue weighted by Gasteiger charge is -2.12. The highest BCUT2D eigenvalue weighted by Gasteiger charge is 2.00. The van der Waals surface area contributed by atoms with Crippen LogP contribution >= 0.6 is 0 Å². The largest absolute Gasteiger partial charge is 0.397 e. The van der Waals surface area contributed by atoms with Crippen LogP contribution < -0.4 is 11.1 Å². The van der Waals surface area contributed by atoms with Crippen molar-refractivity contribution in [3.05, 3.63) is 23.8 Å². The van der Waals surface area contributed by atoms with Gasteiger partial charge in [-0.15, -0.1) is 0 Å². The van der Waals surface area contributed by atoms with E-state index in [9.17, 15) is 0 Å². The number of para-hydroxylation sites is 1. The predicted molar refractivity (Wildman–Crippen MR) is 86.7 cm³/mol. The zero-order chi connectivity index (χ0) is 13.9. The van der Waals surface area contributed by atoms with Gasteiger partial charge in [-0.25, -0.2) is 0 Å². The minimum Gasteiger partial charge on any atom is -0.397 e. The number of anilines is 2. The molecular weight excluding hydrogens is 232 g/mol. The molecule has 2 heteroatoms. The molecule has 0 saturated heterocycles. The number of nitrogens with two attached hydrogens (primary N) is 1. The van der Waals surface area contributed by atoms with E-state index in [1.807, 2.05) is 12.1 Å². The number of aryl methyl sites for hydroxylation is 1. The molecule has 108 valence electrons. The molecule has 0 atom stereocenters. The number of hydrogen-bond acceptors (Lipinski definition) is 2. The first-order valence-electron chi connectivity index (χ1n) is 7.84. The maximum Gasteiger partial charge on any atom is 0.0603 e. The molecule has 2 nitrogen and oxygen atoms in total. The summed E-state index contributed by atoms with van der Waals surface area (Å²) in [5.74, 6) is 0. The second-order valence-corrected chi connectivity index (χ2v) is 5.44. The van der Waals surface area contributed by atoms with Crippen molar-refractivity contribution in [1.29, 1.82) is 0 Å². The van der Waals surface area contributed by atoms with Gasteiger partial charge in [0.15, 0.2) is 0 Å². The predicted octanol–water partition coefficient (Wildman–Crippen LogP) is 5.13. The van der Waals surface area contributed by atoms with E-state index in [4.69, 9.17) is 5.73 Å². The van der Waals surface area contributed by atoms with Crippen LogP contribution in [-0.4, -0.2) is 6.54 Å². The van der Waals surface area contributed by atoms with Crippen LogP contribution in [0.4, 0.5) is 11.4 Å². The zero-order valence-corrected chi connectivity index (χ0v) is 12.7. The van der Waals surface area contributed by atoms with Crippen LogP contribution in [0.3, 0.4) is 0 Å². The first-order valence-corrected chi connectivity index (χ1v) is 7.84. The Hall–Kier alpha value is -1.18. The molecule has 0 aliphatic heterocycles. The van der Waals surface area contributed by atoms with Gasteiger partial charge in [0.05, 0.1) is 11.4 Å². The topological polar surface area (TPSA) is 38.0 Å². The van der Waals surface area contributed by atoms with Crippen molar-refractivity contribution in [1.82, 2.24) is 0 Å². The molecule has 0 aliphatic rings. The van der Waals surface area contributed by atoms with Gasteiger partial charge in [0.1, 0.15) is 0 Å². The summed E-state index contributed by atoms with van der Waals surface area (Å²) in [6.45, 7) is 5.40. The SMILES string of the molecule is CCCCCCCCCCNc1c(C)cccc1N. The van der Waals surface area contributed by atoms with Gasteiger partial charge in [-0.05, 0) is 25.0 Å². The fourth-order valence-electron chi connectivity index (χ4n) is 2.40. The monoisotopic (exact) mass is 262 g/mol. The number of rotatable bonds is 10. The van der Waals surface area contributed by atoms with Crippen LogP contribution in [0, 0.1) is 6.92 Å². The molecule has 0 amide bonds. The molecule has 0 saturated carbocycles. The standard InChI is InChI=1S/C17H30N2/c1-3-4-5-6-7-8-9-10-14-19-17-15(2)12-11-13-16(17)18/h11-13,19H,3-10,14,18H2,1-2H3.